The van der Waals surface area contributed by atoms with Gasteiger partial charge in [-0.05, 0) is 24.3 Å². The van der Waals surface area contributed by atoms with Gasteiger partial charge in [0.05, 0.1) is 0 Å². The summed E-state index contributed by atoms with van der Waals surface area (Å²) in [5, 5.41) is 0. The number of allylic oxidation sites excluding steroid dienone is 8. The third-order valence-corrected chi connectivity index (χ3v) is 3.78. The highest BCUT2D eigenvalue weighted by Crippen LogP contribution is 2.33. The Morgan fingerprint density at radius 1 is 0.667 bits per heavy atom. The van der Waals surface area contributed by atoms with Crippen molar-refractivity contribution in [1.82, 2.24) is 0 Å². The van der Waals surface area contributed by atoms with Crippen molar-refractivity contribution in [2.75, 3.05) is 0 Å². The van der Waals surface area contributed by atoms with Crippen LogP contribution in [0.15, 0.2) is 48.6 Å². The Morgan fingerprint density at radius 3 is 1.33 bits per heavy atom. The predicted molar refractivity (Wildman–Crippen MR) is 53.8 cm³/mol. The Morgan fingerprint density at radius 2 is 1.00 bits per heavy atom. The van der Waals surface area contributed by atoms with E-state index in [2.05, 4.69) is 48.6 Å². The first kappa shape index (κ1) is 9.77. The maximum absolute atomic E-state index is 2.30. The second-order valence-corrected chi connectivity index (χ2v) is 4.81. The minimum absolute atomic E-state index is 0. The van der Waals surface area contributed by atoms with Gasteiger partial charge >= 0.3 is 0 Å². The van der Waals surface area contributed by atoms with Crippen molar-refractivity contribution in [2.45, 2.75) is 11.3 Å². The first-order chi connectivity index (χ1) is 5.45. The molecule has 2 heteroatoms. The maximum atomic E-state index is 2.30. The topological polar surface area (TPSA) is 0 Å². The van der Waals surface area contributed by atoms with Crippen LogP contribution in [0.1, 0.15) is 0 Å². The van der Waals surface area contributed by atoms with Crippen LogP contribution in [0.5, 0.6) is 0 Å². The summed E-state index contributed by atoms with van der Waals surface area (Å²) in [6.45, 7) is 0. The van der Waals surface area contributed by atoms with Crippen molar-refractivity contribution in [3.8, 4) is 0 Å². The van der Waals surface area contributed by atoms with Gasteiger partial charge in [0, 0.05) is 8.58 Å². The molecule has 0 aliphatic heterocycles. The fourth-order valence-electron chi connectivity index (χ4n) is 1.41. The zero-order valence-electron chi connectivity index (χ0n) is 6.73. The Balaban J connectivity index is 0.000000720. The van der Waals surface area contributed by atoms with Gasteiger partial charge in [-0.3, -0.25) is 0 Å². The SMILES string of the molecule is C1=CC([PH2+]C2C=CC=C2)C=C1.[Cl-]. The molecule has 0 fully saturated rings. The third kappa shape index (κ3) is 2.33. The molecule has 12 heavy (non-hydrogen) atoms. The highest BCUT2D eigenvalue weighted by Gasteiger charge is 2.16. The van der Waals surface area contributed by atoms with E-state index in [9.17, 15) is 0 Å². The average molecular weight is 199 g/mol. The van der Waals surface area contributed by atoms with Gasteiger partial charge in [0.1, 0.15) is 11.3 Å². The zero-order chi connectivity index (χ0) is 7.52. The van der Waals surface area contributed by atoms with E-state index in [1.807, 2.05) is 0 Å². The van der Waals surface area contributed by atoms with E-state index in [1.54, 1.807) is 0 Å². The van der Waals surface area contributed by atoms with E-state index in [0.29, 0.717) is 8.58 Å². The lowest BCUT2D eigenvalue weighted by Crippen LogP contribution is -3.00. The van der Waals surface area contributed by atoms with E-state index in [1.165, 1.54) is 0 Å². The van der Waals surface area contributed by atoms with E-state index < -0.39 is 0 Å². The van der Waals surface area contributed by atoms with Gasteiger partial charge in [-0.2, -0.15) is 0 Å². The normalized spacial score (nSPS) is 20.7. The quantitative estimate of drug-likeness (QED) is 0.520. The third-order valence-electron chi connectivity index (χ3n) is 2.00. The molecular weight excluding hydrogens is 187 g/mol. The van der Waals surface area contributed by atoms with Crippen LogP contribution >= 0.6 is 8.58 Å². The van der Waals surface area contributed by atoms with E-state index in [4.69, 9.17) is 0 Å². The van der Waals surface area contributed by atoms with Gasteiger partial charge in [0.25, 0.3) is 0 Å². The molecule has 2 aliphatic rings. The lowest BCUT2D eigenvalue weighted by molar-refractivity contribution is -0.00000200. The lowest BCUT2D eigenvalue weighted by atomic mass is 10.5. The van der Waals surface area contributed by atoms with E-state index in [-0.39, 0.29) is 12.4 Å². The van der Waals surface area contributed by atoms with Crippen LogP contribution in [0.25, 0.3) is 0 Å². The summed E-state index contributed by atoms with van der Waals surface area (Å²) in [6, 6.07) is 0. The number of rotatable bonds is 2. The van der Waals surface area contributed by atoms with Gasteiger partial charge in [-0.15, -0.1) is 0 Å². The van der Waals surface area contributed by atoms with Crippen molar-refractivity contribution >= 4 is 8.58 Å². The molecule has 2 rings (SSSR count). The van der Waals surface area contributed by atoms with Gasteiger partial charge in [-0.1, -0.05) is 24.3 Å². The summed E-state index contributed by atoms with van der Waals surface area (Å²) in [4.78, 5) is 0. The highest BCUT2D eigenvalue weighted by atomic mass is 35.5. The zero-order valence-corrected chi connectivity index (χ0v) is 8.64. The van der Waals surface area contributed by atoms with Crippen LogP contribution in [-0.4, -0.2) is 11.3 Å². The summed E-state index contributed by atoms with van der Waals surface area (Å²) in [5.41, 5.74) is 1.51. The molecule has 0 aromatic rings. The molecule has 0 unspecified atom stereocenters. The first-order valence-electron chi connectivity index (χ1n) is 4.00. The van der Waals surface area contributed by atoms with E-state index >= 15 is 0 Å². The minimum Gasteiger partial charge on any atom is -1.00 e. The van der Waals surface area contributed by atoms with Gasteiger partial charge < -0.3 is 12.4 Å². The Hall–Kier alpha value is -0.320. The second-order valence-electron chi connectivity index (χ2n) is 2.89. The number of halogens is 1. The molecule has 0 atom stereocenters. The van der Waals surface area contributed by atoms with Crippen molar-refractivity contribution in [1.29, 1.82) is 0 Å². The Labute approximate surface area is 81.3 Å². The van der Waals surface area contributed by atoms with Crippen LogP contribution in [0, 0.1) is 0 Å². The molecule has 0 aromatic carbocycles. The minimum atomic E-state index is 0. The Bertz CT molecular complexity index is 201. The molecule has 0 saturated heterocycles. The second kappa shape index (κ2) is 4.64. The summed E-state index contributed by atoms with van der Waals surface area (Å²) < 4.78 is 0. The molecule has 0 nitrogen and oxygen atoms in total. The highest BCUT2D eigenvalue weighted by molar-refractivity contribution is 7.40. The molecule has 0 saturated carbocycles. The van der Waals surface area contributed by atoms with Gasteiger partial charge in [-0.25, -0.2) is 0 Å². The number of hydrogen-bond donors (Lipinski definition) is 0. The molecular formula is C10H12ClP. The molecule has 0 amide bonds. The van der Waals surface area contributed by atoms with Gasteiger partial charge in [0.15, 0.2) is 0 Å². The molecule has 0 aromatic heterocycles. The molecule has 2 aliphatic carbocycles. The monoisotopic (exact) mass is 198 g/mol. The summed E-state index contributed by atoms with van der Waals surface area (Å²) in [6.07, 6.45) is 17.8. The number of hydrogen-bond acceptors (Lipinski definition) is 0. The molecule has 0 heterocycles. The smallest absolute Gasteiger partial charge is 0.102 e. The van der Waals surface area contributed by atoms with Crippen LogP contribution in [-0.2, 0) is 0 Å². The van der Waals surface area contributed by atoms with Crippen LogP contribution < -0.4 is 12.4 Å². The average Bonchev–Trinajstić information content (AvgIpc) is 2.60. The van der Waals surface area contributed by atoms with Crippen molar-refractivity contribution in [2.24, 2.45) is 0 Å². The predicted octanol–water partition coefficient (Wildman–Crippen LogP) is -0.610. The molecule has 0 spiro atoms. The fourth-order valence-corrected chi connectivity index (χ4v) is 2.95. The summed E-state index contributed by atoms with van der Waals surface area (Å²) >= 11 is 0. The standard InChI is InChI=1S/C10H11P.ClH/c1-2-6-9(5-1)11-10-7-3-4-8-10;/h1-11H;1H. The molecule has 0 radical (unpaired) electrons. The first-order valence-corrected chi connectivity index (χ1v) is 5.33. The van der Waals surface area contributed by atoms with Crippen molar-refractivity contribution in [3.63, 3.8) is 0 Å². The molecule has 0 bridgehead atoms. The van der Waals surface area contributed by atoms with Crippen LogP contribution in [0.2, 0.25) is 0 Å². The van der Waals surface area contributed by atoms with Gasteiger partial charge in [0.2, 0.25) is 0 Å². The molecule has 64 valence electrons. The lowest BCUT2D eigenvalue weighted by Gasteiger charge is -2.00. The molecule has 0 N–H and O–H groups in total. The largest absolute Gasteiger partial charge is 1.00 e. The van der Waals surface area contributed by atoms with Crippen molar-refractivity contribution < 1.29 is 12.4 Å². The summed E-state index contributed by atoms with van der Waals surface area (Å²) in [7, 11) is 0.505. The van der Waals surface area contributed by atoms with E-state index in [0.717, 1.165) is 11.3 Å². The Kier molecular flexibility index (Phi) is 3.78. The van der Waals surface area contributed by atoms with Crippen LogP contribution in [0.4, 0.5) is 0 Å². The maximum Gasteiger partial charge on any atom is 0.102 e. The van der Waals surface area contributed by atoms with Crippen LogP contribution in [0.3, 0.4) is 0 Å². The summed E-state index contributed by atoms with van der Waals surface area (Å²) in [5.74, 6) is 0. The fraction of sp³-hybridized carbons (Fsp3) is 0.200. The van der Waals surface area contributed by atoms with Crippen molar-refractivity contribution in [3.05, 3.63) is 48.6 Å².